The van der Waals surface area contributed by atoms with Crippen molar-refractivity contribution in [3.63, 3.8) is 0 Å². The van der Waals surface area contributed by atoms with Gasteiger partial charge in [-0.3, -0.25) is 4.79 Å². The van der Waals surface area contributed by atoms with Crippen molar-refractivity contribution in [2.45, 2.75) is 37.2 Å². The molecule has 0 spiro atoms. The molecule has 0 N–H and O–H groups in total. The van der Waals surface area contributed by atoms with Gasteiger partial charge in [-0.2, -0.15) is 0 Å². The standard InChI is InChI=1S/C21H22O5S/c1-13(25-20(23)24-3)21(12-19(22)26-14(2)27)17-10-6-4-8-15(17)16-9-5-7-11-18(16)21/h4-11,13-14,27H,12H2,1-3H3. The molecule has 0 amide bonds. The fourth-order valence-electron chi connectivity index (χ4n) is 3.88. The minimum Gasteiger partial charge on any atom is -0.452 e. The average Bonchev–Trinajstić information content (AvgIpc) is 2.92. The zero-order valence-electron chi connectivity index (χ0n) is 15.5. The van der Waals surface area contributed by atoms with Crippen LogP contribution in [0.4, 0.5) is 4.79 Å². The highest BCUT2D eigenvalue weighted by molar-refractivity contribution is 7.80. The molecule has 0 saturated carbocycles. The van der Waals surface area contributed by atoms with Gasteiger partial charge in [0.2, 0.25) is 0 Å². The summed E-state index contributed by atoms with van der Waals surface area (Å²) in [5.41, 5.74) is 2.47. The first-order chi connectivity index (χ1) is 12.9. The number of carbonyl (C=O) groups excluding carboxylic acids is 2. The molecular weight excluding hydrogens is 364 g/mol. The summed E-state index contributed by atoms with van der Waals surface area (Å²) in [6, 6.07) is 15.7. The topological polar surface area (TPSA) is 61.8 Å². The van der Waals surface area contributed by atoms with Crippen LogP contribution in [-0.2, 0) is 24.4 Å². The fraction of sp³-hybridized carbons (Fsp3) is 0.333. The van der Waals surface area contributed by atoms with Crippen molar-refractivity contribution < 1.29 is 23.8 Å². The van der Waals surface area contributed by atoms with Crippen LogP contribution >= 0.6 is 12.6 Å². The van der Waals surface area contributed by atoms with Crippen molar-refractivity contribution in [2.75, 3.05) is 7.11 Å². The van der Waals surface area contributed by atoms with Crippen molar-refractivity contribution in [1.82, 2.24) is 0 Å². The molecule has 2 unspecified atom stereocenters. The summed E-state index contributed by atoms with van der Waals surface area (Å²) in [7, 11) is 1.26. The monoisotopic (exact) mass is 386 g/mol. The largest absolute Gasteiger partial charge is 0.508 e. The van der Waals surface area contributed by atoms with Crippen LogP contribution in [0.1, 0.15) is 31.4 Å². The van der Waals surface area contributed by atoms with Crippen molar-refractivity contribution in [1.29, 1.82) is 0 Å². The van der Waals surface area contributed by atoms with Crippen LogP contribution in [0.3, 0.4) is 0 Å². The molecule has 0 aliphatic heterocycles. The van der Waals surface area contributed by atoms with Gasteiger partial charge in [-0.1, -0.05) is 48.5 Å². The Labute approximate surface area is 164 Å². The molecule has 2 aromatic rings. The minimum absolute atomic E-state index is 0.0179. The minimum atomic E-state index is -0.874. The van der Waals surface area contributed by atoms with E-state index in [2.05, 4.69) is 17.4 Å². The first kappa shape index (κ1) is 19.3. The number of carbonyl (C=O) groups is 2. The highest BCUT2D eigenvalue weighted by Gasteiger charge is 2.50. The predicted octanol–water partition coefficient (Wildman–Crippen LogP) is 4.33. The number of rotatable bonds is 5. The zero-order valence-corrected chi connectivity index (χ0v) is 16.4. The van der Waals surface area contributed by atoms with E-state index >= 15 is 0 Å². The molecule has 0 bridgehead atoms. The maximum absolute atomic E-state index is 12.7. The number of benzene rings is 2. The molecule has 5 nitrogen and oxygen atoms in total. The molecular formula is C21H22O5S. The van der Waals surface area contributed by atoms with Crippen LogP contribution in [0.25, 0.3) is 11.1 Å². The molecule has 0 radical (unpaired) electrons. The van der Waals surface area contributed by atoms with Gasteiger partial charge in [-0.15, -0.1) is 12.6 Å². The van der Waals surface area contributed by atoms with E-state index in [9.17, 15) is 9.59 Å². The zero-order chi connectivity index (χ0) is 19.6. The van der Waals surface area contributed by atoms with E-state index in [0.717, 1.165) is 22.3 Å². The van der Waals surface area contributed by atoms with Crippen molar-refractivity contribution in [3.8, 4) is 11.1 Å². The van der Waals surface area contributed by atoms with Gasteiger partial charge < -0.3 is 14.2 Å². The van der Waals surface area contributed by atoms with E-state index in [1.165, 1.54) is 7.11 Å². The molecule has 3 rings (SSSR count). The van der Waals surface area contributed by atoms with Crippen molar-refractivity contribution in [3.05, 3.63) is 59.7 Å². The summed E-state index contributed by atoms with van der Waals surface area (Å²) in [6.07, 6.45) is -1.43. The summed E-state index contributed by atoms with van der Waals surface area (Å²) in [5, 5.41) is 0. The molecule has 1 aliphatic carbocycles. The van der Waals surface area contributed by atoms with E-state index in [4.69, 9.17) is 9.47 Å². The van der Waals surface area contributed by atoms with Crippen LogP contribution in [0.2, 0.25) is 0 Å². The Hall–Kier alpha value is -2.47. The number of ether oxygens (including phenoxy) is 3. The smallest absolute Gasteiger partial charge is 0.452 e. The quantitative estimate of drug-likeness (QED) is 0.471. The van der Waals surface area contributed by atoms with E-state index < -0.39 is 29.1 Å². The van der Waals surface area contributed by atoms with E-state index in [1.54, 1.807) is 13.8 Å². The number of methoxy groups -OCH3 is 1. The lowest BCUT2D eigenvalue weighted by atomic mass is 9.71. The van der Waals surface area contributed by atoms with Gasteiger partial charge in [0, 0.05) is 0 Å². The lowest BCUT2D eigenvalue weighted by Crippen LogP contribution is -2.42. The summed E-state index contributed by atoms with van der Waals surface area (Å²) < 4.78 is 15.5. The second kappa shape index (κ2) is 7.64. The van der Waals surface area contributed by atoms with Gasteiger partial charge in [0.05, 0.1) is 18.9 Å². The third-order valence-corrected chi connectivity index (χ3v) is 5.07. The SMILES string of the molecule is COC(=O)OC(C)C1(CC(=O)OC(C)S)c2ccccc2-c2ccccc21. The second-order valence-corrected chi connectivity index (χ2v) is 7.27. The number of hydrogen-bond donors (Lipinski definition) is 1. The van der Waals surface area contributed by atoms with Gasteiger partial charge in [0.15, 0.2) is 0 Å². The Kier molecular flexibility index (Phi) is 5.46. The van der Waals surface area contributed by atoms with Crippen molar-refractivity contribution >= 4 is 24.8 Å². The highest BCUT2D eigenvalue weighted by atomic mass is 32.1. The van der Waals surface area contributed by atoms with E-state index in [0.29, 0.717) is 0 Å². The number of fused-ring (bicyclic) bond motifs is 3. The Morgan fingerprint density at radius 3 is 1.96 bits per heavy atom. The lowest BCUT2D eigenvalue weighted by Gasteiger charge is -2.36. The van der Waals surface area contributed by atoms with Gasteiger partial charge in [-0.05, 0) is 36.1 Å². The fourth-order valence-corrected chi connectivity index (χ4v) is 4.00. The normalized spacial score (nSPS) is 15.9. The Morgan fingerprint density at radius 1 is 0.963 bits per heavy atom. The Bertz CT molecular complexity index is 816. The summed E-state index contributed by atoms with van der Waals surface area (Å²) in [5.74, 6) is -0.413. The van der Waals surface area contributed by atoms with Crippen LogP contribution in [0.15, 0.2) is 48.5 Å². The van der Waals surface area contributed by atoms with Gasteiger partial charge in [-0.25, -0.2) is 4.79 Å². The molecule has 6 heteroatoms. The molecule has 27 heavy (non-hydrogen) atoms. The molecule has 2 aromatic carbocycles. The molecule has 2 atom stereocenters. The third-order valence-electron chi connectivity index (χ3n) is 4.96. The number of esters is 1. The lowest BCUT2D eigenvalue weighted by molar-refractivity contribution is -0.146. The van der Waals surface area contributed by atoms with Crippen LogP contribution in [0, 0.1) is 0 Å². The first-order valence-corrected chi connectivity index (χ1v) is 9.23. The molecule has 0 aromatic heterocycles. The van der Waals surface area contributed by atoms with E-state index in [1.807, 2.05) is 48.5 Å². The van der Waals surface area contributed by atoms with Crippen molar-refractivity contribution in [2.24, 2.45) is 0 Å². The molecule has 142 valence electrons. The second-order valence-electron chi connectivity index (χ2n) is 6.54. The summed E-state index contributed by atoms with van der Waals surface area (Å²) in [6.45, 7) is 3.45. The maximum atomic E-state index is 12.7. The van der Waals surface area contributed by atoms with Gasteiger partial charge >= 0.3 is 12.1 Å². The van der Waals surface area contributed by atoms with Gasteiger partial charge in [0.25, 0.3) is 0 Å². The van der Waals surface area contributed by atoms with E-state index in [-0.39, 0.29) is 6.42 Å². The Balaban J connectivity index is 2.17. The summed E-state index contributed by atoms with van der Waals surface area (Å²) >= 11 is 4.15. The van der Waals surface area contributed by atoms with Crippen LogP contribution in [-0.4, -0.2) is 30.8 Å². The molecule has 0 heterocycles. The molecule has 0 fully saturated rings. The number of thiol groups is 1. The molecule has 1 aliphatic rings. The maximum Gasteiger partial charge on any atom is 0.508 e. The average molecular weight is 386 g/mol. The first-order valence-electron chi connectivity index (χ1n) is 8.71. The van der Waals surface area contributed by atoms with Gasteiger partial charge in [0.1, 0.15) is 11.5 Å². The summed E-state index contributed by atoms with van der Waals surface area (Å²) in [4.78, 5) is 24.5. The molecule has 0 saturated heterocycles. The van der Waals surface area contributed by atoms with Crippen LogP contribution < -0.4 is 0 Å². The Morgan fingerprint density at radius 2 is 1.48 bits per heavy atom. The van der Waals surface area contributed by atoms with Crippen LogP contribution in [0.5, 0.6) is 0 Å². The number of hydrogen-bond acceptors (Lipinski definition) is 6. The third kappa shape index (κ3) is 3.41. The highest BCUT2D eigenvalue weighted by Crippen LogP contribution is 2.53. The predicted molar refractivity (Wildman–Crippen MR) is 105 cm³/mol.